The minimum atomic E-state index is -4.50. The third kappa shape index (κ3) is 3.79. The fourth-order valence-corrected chi connectivity index (χ4v) is 3.15. The van der Waals surface area contributed by atoms with E-state index >= 15 is 0 Å². The van der Waals surface area contributed by atoms with Gasteiger partial charge in [-0.3, -0.25) is 14.1 Å². The van der Waals surface area contributed by atoms with Gasteiger partial charge in [0.1, 0.15) is 5.82 Å². The Labute approximate surface area is 171 Å². The average Bonchev–Trinajstić information content (AvgIpc) is 2.73. The molecule has 0 saturated heterocycles. The summed E-state index contributed by atoms with van der Waals surface area (Å²) < 4.78 is 44.5. The molecule has 2 aromatic carbocycles. The summed E-state index contributed by atoms with van der Waals surface area (Å²) in [6, 6.07) is 6.92. The van der Waals surface area contributed by atoms with Crippen molar-refractivity contribution in [3.8, 4) is 0 Å². The van der Waals surface area contributed by atoms with E-state index < -0.39 is 32.5 Å². The molecular formula is C15H10ClFNNaO5S. The van der Waals surface area contributed by atoms with Crippen LogP contribution < -0.4 is 34.5 Å². The normalized spacial score (nSPS) is 13.6. The molecule has 126 valence electrons. The zero-order chi connectivity index (χ0) is 17.6. The van der Waals surface area contributed by atoms with Gasteiger partial charge in [0.25, 0.3) is 21.8 Å². The Morgan fingerprint density at radius 2 is 1.84 bits per heavy atom. The molecule has 25 heavy (non-hydrogen) atoms. The predicted molar refractivity (Wildman–Crippen MR) is 84.3 cm³/mol. The smallest absolute Gasteiger partial charge is 1.00 e. The van der Waals surface area contributed by atoms with Gasteiger partial charge in [-0.15, -0.1) is 0 Å². The first-order valence-corrected chi connectivity index (χ1v) is 8.42. The van der Waals surface area contributed by atoms with Crippen molar-refractivity contribution in [1.82, 2.24) is 0 Å². The van der Waals surface area contributed by atoms with Crippen LogP contribution in [0.15, 0.2) is 41.3 Å². The topological polar surface area (TPSA) is 91.8 Å². The van der Waals surface area contributed by atoms with Gasteiger partial charge >= 0.3 is 29.6 Å². The Hall–Kier alpha value is -1.29. The largest absolute Gasteiger partial charge is 1.00 e. The first kappa shape index (κ1) is 20.0. The molecule has 2 aromatic rings. The Morgan fingerprint density at radius 3 is 2.44 bits per heavy atom. The standard InChI is InChI=1S/C15H9ClFNO5S.Na.H/c16-12-5-9(17)2-1-8(12)7-18-13-4-3-10(24(21,22)23)6-11(13)14(19)15(18)20;;/h1-6H,7H2,(H,21,22,23);;/q;+1;-1. The molecule has 0 atom stereocenters. The van der Waals surface area contributed by atoms with Crippen molar-refractivity contribution in [2.45, 2.75) is 11.4 Å². The molecule has 1 aliphatic rings. The number of nitrogens with zero attached hydrogens (tertiary/aromatic N) is 1. The predicted octanol–water partition coefficient (Wildman–Crippen LogP) is -0.428. The molecule has 6 nitrogen and oxygen atoms in total. The molecule has 0 spiro atoms. The van der Waals surface area contributed by atoms with E-state index in [0.29, 0.717) is 5.56 Å². The van der Waals surface area contributed by atoms with Crippen molar-refractivity contribution in [3.63, 3.8) is 0 Å². The summed E-state index contributed by atoms with van der Waals surface area (Å²) >= 11 is 5.93. The Balaban J connectivity index is 0.00000169. The first-order valence-electron chi connectivity index (χ1n) is 6.60. The quantitative estimate of drug-likeness (QED) is 0.434. The number of Topliss-reactive ketones (excluding diaryl/α,β-unsaturated/α-hetero) is 1. The van der Waals surface area contributed by atoms with E-state index in [-0.39, 0.29) is 53.8 Å². The van der Waals surface area contributed by atoms with Crippen LogP contribution >= 0.6 is 11.6 Å². The van der Waals surface area contributed by atoms with Gasteiger partial charge in [-0.1, -0.05) is 17.7 Å². The molecule has 1 heterocycles. The molecule has 0 aromatic heterocycles. The van der Waals surface area contributed by atoms with Gasteiger partial charge in [0.2, 0.25) is 0 Å². The van der Waals surface area contributed by atoms with E-state index in [4.69, 9.17) is 16.2 Å². The number of benzene rings is 2. The summed E-state index contributed by atoms with van der Waals surface area (Å²) in [5.41, 5.74) is 0.483. The van der Waals surface area contributed by atoms with Crippen LogP contribution in [-0.2, 0) is 21.5 Å². The maximum absolute atomic E-state index is 13.1. The summed E-state index contributed by atoms with van der Waals surface area (Å²) in [6.45, 7) is -0.0814. The number of ketones is 1. The van der Waals surface area contributed by atoms with Gasteiger partial charge in [0.05, 0.1) is 22.7 Å². The van der Waals surface area contributed by atoms with Crippen LogP contribution in [0.4, 0.5) is 10.1 Å². The second-order valence-electron chi connectivity index (χ2n) is 5.11. The van der Waals surface area contributed by atoms with Crippen LogP contribution in [-0.4, -0.2) is 24.7 Å². The van der Waals surface area contributed by atoms with Crippen LogP contribution in [0.2, 0.25) is 5.02 Å². The molecule has 0 fully saturated rings. The van der Waals surface area contributed by atoms with E-state index in [2.05, 4.69) is 0 Å². The summed E-state index contributed by atoms with van der Waals surface area (Å²) in [5.74, 6) is -2.29. The van der Waals surface area contributed by atoms with Gasteiger partial charge in [0.15, 0.2) is 0 Å². The first-order chi connectivity index (χ1) is 11.2. The number of rotatable bonds is 3. The molecule has 0 saturated carbocycles. The Morgan fingerprint density at radius 1 is 1.16 bits per heavy atom. The number of hydrogen-bond donors (Lipinski definition) is 1. The van der Waals surface area contributed by atoms with Crippen molar-refractivity contribution in [2.24, 2.45) is 0 Å². The van der Waals surface area contributed by atoms with Gasteiger partial charge < -0.3 is 6.33 Å². The average molecular weight is 394 g/mol. The zero-order valence-electron chi connectivity index (χ0n) is 13.9. The molecule has 3 rings (SSSR count). The van der Waals surface area contributed by atoms with Crippen LogP contribution in [0.1, 0.15) is 17.3 Å². The number of halogens is 2. The van der Waals surface area contributed by atoms with Gasteiger partial charge in [0, 0.05) is 5.02 Å². The molecule has 1 N–H and O–H groups in total. The van der Waals surface area contributed by atoms with Crippen LogP contribution in [0.25, 0.3) is 0 Å². The molecular weight excluding hydrogens is 384 g/mol. The molecule has 10 heteroatoms. The number of anilines is 1. The summed E-state index contributed by atoms with van der Waals surface area (Å²) in [5, 5.41) is 0.0956. The number of amides is 1. The van der Waals surface area contributed by atoms with E-state index in [1.807, 2.05) is 0 Å². The zero-order valence-corrected chi connectivity index (χ0v) is 16.4. The summed E-state index contributed by atoms with van der Waals surface area (Å²) in [6.07, 6.45) is 0. The van der Waals surface area contributed by atoms with Gasteiger partial charge in [-0.25, -0.2) is 4.39 Å². The molecule has 0 bridgehead atoms. The maximum Gasteiger partial charge on any atom is 1.00 e. The van der Waals surface area contributed by atoms with Crippen molar-refractivity contribution in [1.29, 1.82) is 0 Å². The van der Waals surface area contributed by atoms with E-state index in [1.165, 1.54) is 18.2 Å². The summed E-state index contributed by atoms with van der Waals surface area (Å²) in [4.78, 5) is 24.8. The second-order valence-corrected chi connectivity index (χ2v) is 6.94. The fourth-order valence-electron chi connectivity index (χ4n) is 2.42. The second kappa shape index (κ2) is 7.14. The summed E-state index contributed by atoms with van der Waals surface area (Å²) in [7, 11) is -4.50. The third-order valence-electron chi connectivity index (χ3n) is 3.58. The minimum absolute atomic E-state index is 0. The number of carbonyl (C=O) groups excluding carboxylic acids is 2. The number of fused-ring (bicyclic) bond motifs is 1. The molecule has 0 radical (unpaired) electrons. The minimum Gasteiger partial charge on any atom is -1.00 e. The van der Waals surface area contributed by atoms with E-state index in [9.17, 15) is 22.4 Å². The van der Waals surface area contributed by atoms with Crippen molar-refractivity contribution >= 4 is 39.1 Å². The molecule has 0 aliphatic carbocycles. The number of carbonyl (C=O) groups is 2. The van der Waals surface area contributed by atoms with Crippen LogP contribution in [0.5, 0.6) is 0 Å². The van der Waals surface area contributed by atoms with Crippen molar-refractivity contribution in [2.75, 3.05) is 4.90 Å². The van der Waals surface area contributed by atoms with E-state index in [1.54, 1.807) is 0 Å². The Kier molecular flexibility index (Phi) is 5.72. The van der Waals surface area contributed by atoms with E-state index in [0.717, 1.165) is 23.1 Å². The number of hydrogen-bond acceptors (Lipinski definition) is 4. The fraction of sp³-hybridized carbons (Fsp3) is 0.0667. The Bertz CT molecular complexity index is 1000. The monoisotopic (exact) mass is 393 g/mol. The third-order valence-corrected chi connectivity index (χ3v) is 4.79. The molecule has 0 unspecified atom stereocenters. The van der Waals surface area contributed by atoms with Crippen LogP contribution in [0, 0.1) is 5.82 Å². The maximum atomic E-state index is 13.1. The van der Waals surface area contributed by atoms with Gasteiger partial charge in [-0.05, 0) is 35.9 Å². The SMILES string of the molecule is O=C1C(=O)N(Cc2ccc(F)cc2Cl)c2ccc(S(=O)(=O)O)cc21.[H-].[Na+]. The van der Waals surface area contributed by atoms with Crippen molar-refractivity contribution < 1.29 is 57.9 Å². The van der Waals surface area contributed by atoms with Crippen molar-refractivity contribution in [3.05, 3.63) is 58.4 Å². The molecule has 1 aliphatic heterocycles. The van der Waals surface area contributed by atoms with Crippen LogP contribution in [0.3, 0.4) is 0 Å². The molecule has 1 amide bonds. The van der Waals surface area contributed by atoms with Gasteiger partial charge in [-0.2, -0.15) is 8.42 Å².